The van der Waals surface area contributed by atoms with Gasteiger partial charge in [0.05, 0.1) is 23.1 Å². The largest absolute Gasteiger partial charge is 0.484 e. The Balaban J connectivity index is 2.07. The van der Waals surface area contributed by atoms with Gasteiger partial charge in [0.2, 0.25) is 0 Å². The zero-order chi connectivity index (χ0) is 19.1. The third-order valence-electron chi connectivity index (χ3n) is 5.18. The summed E-state index contributed by atoms with van der Waals surface area (Å²) in [4.78, 5) is 15.0. The minimum Gasteiger partial charge on any atom is -0.484 e. The molecule has 1 aromatic rings. The van der Waals surface area contributed by atoms with E-state index in [1.54, 1.807) is 6.07 Å². The van der Waals surface area contributed by atoms with Gasteiger partial charge >= 0.3 is 5.97 Å². The molecule has 2 aliphatic rings. The Morgan fingerprint density at radius 3 is 2.54 bits per heavy atom. The van der Waals surface area contributed by atoms with Crippen LogP contribution in [0.15, 0.2) is 18.2 Å². The van der Waals surface area contributed by atoms with Gasteiger partial charge in [-0.25, -0.2) is 0 Å². The van der Waals surface area contributed by atoms with E-state index in [4.69, 9.17) is 9.47 Å². The lowest BCUT2D eigenvalue weighted by Gasteiger charge is -2.47. The monoisotopic (exact) mass is 356 g/mol. The van der Waals surface area contributed by atoms with Gasteiger partial charge in [-0.3, -0.25) is 9.69 Å². The Kier molecular flexibility index (Phi) is 4.74. The Bertz CT molecular complexity index is 737. The van der Waals surface area contributed by atoms with Gasteiger partial charge in [-0.1, -0.05) is 0 Å². The van der Waals surface area contributed by atoms with Gasteiger partial charge in [0.25, 0.3) is 0 Å². The van der Waals surface area contributed by atoms with Crippen LogP contribution in [0.2, 0.25) is 0 Å². The molecule has 3 rings (SSSR count). The molecule has 2 heterocycles. The number of carbonyl (C=O) groups is 1. The van der Waals surface area contributed by atoms with Crippen molar-refractivity contribution in [3.8, 4) is 11.8 Å². The molecule has 0 aliphatic carbocycles. The molecule has 0 spiro atoms. The van der Waals surface area contributed by atoms with Crippen molar-refractivity contribution >= 4 is 5.97 Å². The number of ether oxygens (including phenoxy) is 2. The quantitative estimate of drug-likeness (QED) is 0.754. The molecule has 0 aromatic heterocycles. The summed E-state index contributed by atoms with van der Waals surface area (Å²) >= 11 is 0. The highest BCUT2D eigenvalue weighted by Gasteiger charge is 2.50. The highest BCUT2D eigenvalue weighted by atomic mass is 16.6. The van der Waals surface area contributed by atoms with Crippen LogP contribution in [-0.4, -0.2) is 35.7 Å². The van der Waals surface area contributed by atoms with Crippen LogP contribution < -0.4 is 4.74 Å². The number of hydrogen-bond donors (Lipinski definition) is 0. The van der Waals surface area contributed by atoms with Gasteiger partial charge < -0.3 is 9.47 Å². The molecule has 0 amide bonds. The maximum Gasteiger partial charge on any atom is 0.311 e. The standard InChI is InChI=1S/C21H28N2O3/c1-20(2,3)19(24)25-18-17(23-10-6-7-11-23)15-12-14(13-22)8-9-16(15)26-21(18,4)5/h8-9,12,17-18H,6-7,10-11H2,1-5H3/t17-,18+/m1/s1. The van der Waals surface area contributed by atoms with E-state index in [0.29, 0.717) is 5.56 Å². The predicted molar refractivity (Wildman–Crippen MR) is 98.7 cm³/mol. The fourth-order valence-corrected chi connectivity index (χ4v) is 3.73. The molecule has 5 nitrogen and oxygen atoms in total. The molecule has 140 valence electrons. The molecule has 0 N–H and O–H groups in total. The van der Waals surface area contributed by atoms with Gasteiger partial charge in [0.1, 0.15) is 11.4 Å². The molecule has 0 saturated carbocycles. The van der Waals surface area contributed by atoms with Crippen molar-refractivity contribution in [3.05, 3.63) is 29.3 Å². The summed E-state index contributed by atoms with van der Waals surface area (Å²) in [5.41, 5.74) is 0.296. The maximum absolute atomic E-state index is 12.7. The Labute approximate surface area is 155 Å². The minimum absolute atomic E-state index is 0.101. The fraction of sp³-hybridized carbons (Fsp3) is 0.619. The van der Waals surface area contributed by atoms with E-state index in [1.165, 1.54) is 0 Å². The first-order chi connectivity index (χ1) is 12.1. The average Bonchev–Trinajstić information content (AvgIpc) is 3.07. The molecule has 1 fully saturated rings. The van der Waals surface area contributed by atoms with Gasteiger partial charge in [-0.15, -0.1) is 0 Å². The van der Waals surface area contributed by atoms with E-state index in [1.807, 2.05) is 46.8 Å². The van der Waals surface area contributed by atoms with E-state index in [0.717, 1.165) is 37.2 Å². The molecule has 26 heavy (non-hydrogen) atoms. The summed E-state index contributed by atoms with van der Waals surface area (Å²) in [5, 5.41) is 9.32. The highest BCUT2D eigenvalue weighted by molar-refractivity contribution is 5.75. The molecule has 0 unspecified atom stereocenters. The van der Waals surface area contributed by atoms with Crippen molar-refractivity contribution in [1.82, 2.24) is 4.90 Å². The average molecular weight is 356 g/mol. The van der Waals surface area contributed by atoms with Gasteiger partial charge in [0.15, 0.2) is 6.10 Å². The summed E-state index contributed by atoms with van der Waals surface area (Å²) in [6, 6.07) is 7.62. The number of benzene rings is 1. The molecule has 0 radical (unpaired) electrons. The van der Waals surface area contributed by atoms with E-state index in [2.05, 4.69) is 11.0 Å². The summed E-state index contributed by atoms with van der Waals surface area (Å²) in [6.45, 7) is 11.4. The van der Waals surface area contributed by atoms with Crippen LogP contribution in [0.4, 0.5) is 0 Å². The first-order valence-electron chi connectivity index (χ1n) is 9.32. The zero-order valence-corrected chi connectivity index (χ0v) is 16.3. The van der Waals surface area contributed by atoms with Crippen LogP contribution in [0.1, 0.15) is 64.6 Å². The first-order valence-corrected chi connectivity index (χ1v) is 9.32. The van der Waals surface area contributed by atoms with Gasteiger partial charge in [-0.2, -0.15) is 5.26 Å². The van der Waals surface area contributed by atoms with Gasteiger partial charge in [-0.05, 0) is 78.7 Å². The van der Waals surface area contributed by atoms with Crippen molar-refractivity contribution in [2.75, 3.05) is 13.1 Å². The number of rotatable bonds is 2. The lowest BCUT2D eigenvalue weighted by Crippen LogP contribution is -2.55. The van der Waals surface area contributed by atoms with E-state index in [9.17, 15) is 10.1 Å². The third-order valence-corrected chi connectivity index (χ3v) is 5.18. The van der Waals surface area contributed by atoms with Crippen LogP contribution in [0.5, 0.6) is 5.75 Å². The van der Waals surface area contributed by atoms with Crippen molar-refractivity contribution in [3.63, 3.8) is 0 Å². The topological polar surface area (TPSA) is 62.6 Å². The minimum atomic E-state index is -0.657. The molecule has 1 saturated heterocycles. The SMILES string of the molecule is CC(C)(C)C(=O)O[C@H]1[C@H](N2CCCC2)c2cc(C#N)ccc2OC1(C)C. The lowest BCUT2D eigenvalue weighted by molar-refractivity contribution is -0.179. The van der Waals surface area contributed by atoms with Crippen molar-refractivity contribution in [2.45, 2.75) is 65.2 Å². The molecule has 5 heteroatoms. The number of carbonyl (C=O) groups excluding carboxylic acids is 1. The van der Waals surface area contributed by atoms with E-state index in [-0.39, 0.29) is 12.0 Å². The normalized spacial score (nSPS) is 25.1. The summed E-state index contributed by atoms with van der Waals surface area (Å²) < 4.78 is 12.3. The van der Waals surface area contributed by atoms with Crippen LogP contribution in [0.3, 0.4) is 0 Å². The third kappa shape index (κ3) is 3.43. The zero-order valence-electron chi connectivity index (χ0n) is 16.3. The predicted octanol–water partition coefficient (Wildman–Crippen LogP) is 3.82. The van der Waals surface area contributed by atoms with Crippen LogP contribution in [0.25, 0.3) is 0 Å². The second-order valence-electron chi connectivity index (χ2n) is 8.83. The van der Waals surface area contributed by atoms with Gasteiger partial charge in [0, 0.05) is 5.56 Å². The fourth-order valence-electron chi connectivity index (χ4n) is 3.73. The highest BCUT2D eigenvalue weighted by Crippen LogP contribution is 2.46. The second-order valence-corrected chi connectivity index (χ2v) is 8.83. The van der Waals surface area contributed by atoms with Crippen LogP contribution in [0, 0.1) is 16.7 Å². The Morgan fingerprint density at radius 1 is 1.31 bits per heavy atom. The molecular formula is C21H28N2O3. The second kappa shape index (κ2) is 6.59. The number of nitriles is 1. The molecule has 2 aliphatic heterocycles. The molecular weight excluding hydrogens is 328 g/mol. The summed E-state index contributed by atoms with van der Waals surface area (Å²) in [7, 11) is 0. The van der Waals surface area contributed by atoms with Crippen LogP contribution in [-0.2, 0) is 9.53 Å². The number of esters is 1. The summed E-state index contributed by atoms with van der Waals surface area (Å²) in [5.74, 6) is 0.539. The van der Waals surface area contributed by atoms with Crippen molar-refractivity contribution in [1.29, 1.82) is 5.26 Å². The van der Waals surface area contributed by atoms with Crippen molar-refractivity contribution in [2.24, 2.45) is 5.41 Å². The maximum atomic E-state index is 12.7. The number of hydrogen-bond acceptors (Lipinski definition) is 5. The number of nitrogens with zero attached hydrogens (tertiary/aromatic N) is 2. The lowest BCUT2D eigenvalue weighted by atomic mass is 9.84. The summed E-state index contributed by atoms with van der Waals surface area (Å²) in [6.07, 6.45) is 1.82. The van der Waals surface area contributed by atoms with Crippen molar-refractivity contribution < 1.29 is 14.3 Å². The number of fused-ring (bicyclic) bond motifs is 1. The Morgan fingerprint density at radius 2 is 1.96 bits per heavy atom. The Hall–Kier alpha value is -2.06. The molecule has 0 bridgehead atoms. The smallest absolute Gasteiger partial charge is 0.311 e. The van der Waals surface area contributed by atoms with E-state index < -0.39 is 17.1 Å². The van der Waals surface area contributed by atoms with E-state index >= 15 is 0 Å². The van der Waals surface area contributed by atoms with Crippen LogP contribution >= 0.6 is 0 Å². The first kappa shape index (κ1) is 18.7. The number of likely N-dealkylation sites (tertiary alicyclic amines) is 1. The molecule has 2 atom stereocenters. The molecule has 1 aromatic carbocycles.